The van der Waals surface area contributed by atoms with Gasteiger partial charge in [-0.2, -0.15) is 5.26 Å². The quantitative estimate of drug-likeness (QED) is 0.510. The van der Waals surface area contributed by atoms with Gasteiger partial charge in [0.05, 0.1) is 28.5 Å². The Morgan fingerprint density at radius 2 is 1.81 bits per heavy atom. The highest BCUT2D eigenvalue weighted by molar-refractivity contribution is 7.91. The first-order chi connectivity index (χ1) is 17.9. The number of benzene rings is 2. The predicted octanol–water partition coefficient (Wildman–Crippen LogP) is 3.59. The predicted molar refractivity (Wildman–Crippen MR) is 143 cm³/mol. The van der Waals surface area contributed by atoms with Gasteiger partial charge in [-0.1, -0.05) is 6.07 Å². The van der Waals surface area contributed by atoms with E-state index in [2.05, 4.69) is 15.5 Å². The van der Waals surface area contributed by atoms with Gasteiger partial charge in [-0.25, -0.2) is 17.5 Å². The number of halogens is 1. The highest BCUT2D eigenvalue weighted by Gasteiger charge is 2.22. The largest absolute Gasteiger partial charge is 0.369 e. The van der Waals surface area contributed by atoms with E-state index in [1.54, 1.807) is 10.7 Å². The summed E-state index contributed by atoms with van der Waals surface area (Å²) in [4.78, 5) is 2.07. The summed E-state index contributed by atoms with van der Waals surface area (Å²) in [6, 6.07) is 16.2. The zero-order chi connectivity index (χ0) is 25.8. The van der Waals surface area contributed by atoms with E-state index in [4.69, 9.17) is 10.4 Å². The van der Waals surface area contributed by atoms with Crippen LogP contribution in [0.1, 0.15) is 24.8 Å². The number of nitrogens with zero attached hydrogens (tertiary/aromatic N) is 4. The fourth-order valence-corrected chi connectivity index (χ4v) is 6.16. The molecule has 3 heterocycles. The van der Waals surface area contributed by atoms with Crippen molar-refractivity contribution in [3.63, 3.8) is 0 Å². The van der Waals surface area contributed by atoms with Crippen molar-refractivity contribution in [2.45, 2.75) is 19.3 Å². The van der Waals surface area contributed by atoms with E-state index >= 15 is 0 Å². The lowest BCUT2D eigenvalue weighted by molar-refractivity contribution is 0.496. The van der Waals surface area contributed by atoms with Crippen molar-refractivity contribution in [2.75, 3.05) is 54.4 Å². The maximum Gasteiger partial charge on any atom is 0.153 e. The highest BCUT2D eigenvalue weighted by Crippen LogP contribution is 2.29. The normalized spacial score (nSPS) is 19.7. The second-order valence-corrected chi connectivity index (χ2v) is 12.0. The number of sulfone groups is 1. The van der Waals surface area contributed by atoms with Gasteiger partial charge >= 0.3 is 0 Å². The first kappa shape index (κ1) is 25.2. The fourth-order valence-electron chi connectivity index (χ4n) is 4.95. The van der Waals surface area contributed by atoms with Crippen LogP contribution in [0.3, 0.4) is 0 Å². The Kier molecular flexibility index (Phi) is 7.44. The van der Waals surface area contributed by atoms with Crippen LogP contribution in [-0.4, -0.2) is 62.4 Å². The van der Waals surface area contributed by atoms with Gasteiger partial charge in [0.25, 0.3) is 0 Å². The average Bonchev–Trinajstić information content (AvgIpc) is 3.15. The van der Waals surface area contributed by atoms with Crippen molar-refractivity contribution in [1.29, 1.82) is 5.26 Å². The van der Waals surface area contributed by atoms with Crippen molar-refractivity contribution < 1.29 is 12.8 Å². The molecule has 0 bridgehead atoms. The molecule has 5 rings (SSSR count). The van der Waals surface area contributed by atoms with Gasteiger partial charge in [0.2, 0.25) is 0 Å². The molecule has 0 spiro atoms. The summed E-state index contributed by atoms with van der Waals surface area (Å²) in [5.74, 6) is 1.03. The number of hydrogen-bond donors (Lipinski definition) is 2. The van der Waals surface area contributed by atoms with Crippen LogP contribution in [-0.2, 0) is 9.84 Å². The molecule has 37 heavy (non-hydrogen) atoms. The van der Waals surface area contributed by atoms with Crippen LogP contribution in [0.25, 0.3) is 16.9 Å². The first-order valence-electron chi connectivity index (χ1n) is 12.7. The molecule has 0 saturated carbocycles. The van der Waals surface area contributed by atoms with Crippen LogP contribution >= 0.6 is 0 Å². The Labute approximate surface area is 217 Å². The number of nitriles is 1. The van der Waals surface area contributed by atoms with Crippen molar-refractivity contribution in [3.8, 4) is 23.0 Å². The molecule has 1 aromatic heterocycles. The van der Waals surface area contributed by atoms with Gasteiger partial charge in [0.1, 0.15) is 17.7 Å². The third-order valence-corrected chi connectivity index (χ3v) is 8.77. The van der Waals surface area contributed by atoms with Gasteiger partial charge < -0.3 is 15.5 Å². The van der Waals surface area contributed by atoms with Crippen LogP contribution in [0.5, 0.6) is 0 Å². The summed E-state index contributed by atoms with van der Waals surface area (Å²) in [7, 11) is -2.95. The Balaban J connectivity index is 1.42. The molecule has 194 valence electrons. The molecule has 10 heteroatoms. The van der Waals surface area contributed by atoms with E-state index in [1.165, 1.54) is 12.1 Å². The molecule has 1 atom stereocenters. The average molecular weight is 523 g/mol. The first-order valence-corrected chi connectivity index (χ1v) is 14.5. The summed E-state index contributed by atoms with van der Waals surface area (Å²) in [5, 5.41) is 20.9. The van der Waals surface area contributed by atoms with Gasteiger partial charge in [-0.15, -0.1) is 5.10 Å². The number of nitrogens with one attached hydrogen (secondary N) is 2. The van der Waals surface area contributed by atoms with E-state index in [0.717, 1.165) is 50.3 Å². The molecular formula is C27H31FN6O2S. The molecule has 0 aliphatic carbocycles. The fraction of sp³-hybridized carbons (Fsp3) is 0.407. The van der Waals surface area contributed by atoms with Crippen molar-refractivity contribution in [2.24, 2.45) is 5.92 Å². The molecule has 0 radical (unpaired) electrons. The lowest BCUT2D eigenvalue weighted by Crippen LogP contribution is -2.40. The van der Waals surface area contributed by atoms with Crippen LogP contribution in [0.15, 0.2) is 48.5 Å². The number of anilines is 2. The van der Waals surface area contributed by atoms with Crippen LogP contribution in [0, 0.1) is 23.1 Å². The van der Waals surface area contributed by atoms with Gasteiger partial charge in [-0.05, 0) is 74.7 Å². The summed E-state index contributed by atoms with van der Waals surface area (Å²) >= 11 is 0. The highest BCUT2D eigenvalue weighted by atomic mass is 32.2. The van der Waals surface area contributed by atoms with Gasteiger partial charge in [-0.3, -0.25) is 0 Å². The molecule has 2 N–H and O–H groups in total. The molecule has 0 unspecified atom stereocenters. The summed E-state index contributed by atoms with van der Waals surface area (Å²) in [6.45, 7) is 3.85. The molecule has 2 aliphatic heterocycles. The second-order valence-electron chi connectivity index (χ2n) is 9.72. The van der Waals surface area contributed by atoms with E-state index in [-0.39, 0.29) is 17.1 Å². The molecule has 3 aromatic rings. The molecule has 0 amide bonds. The maximum absolute atomic E-state index is 14.5. The number of rotatable bonds is 6. The molecular weight excluding hydrogens is 491 g/mol. The Morgan fingerprint density at radius 3 is 2.54 bits per heavy atom. The Morgan fingerprint density at radius 1 is 1.05 bits per heavy atom. The monoisotopic (exact) mass is 522 g/mol. The zero-order valence-electron chi connectivity index (χ0n) is 20.7. The molecule has 2 aliphatic rings. The van der Waals surface area contributed by atoms with E-state index in [9.17, 15) is 12.8 Å². The van der Waals surface area contributed by atoms with E-state index < -0.39 is 15.7 Å². The maximum atomic E-state index is 14.5. The topological polar surface area (TPSA) is 103 Å². The standard InChI is InChI=1S/C27H31FN6O2S/c28-25-16-21(3-4-22(25)18-29)26-17-27(31-19-20-2-1-10-30-11-9-20)32-34(26)24-7-5-23(6-8-24)33-12-14-37(35,36)15-13-33/h3-8,16-17,20,30H,1-2,9-15,19H2,(H,31,32)/t20-/m0/s1. The molecule has 8 nitrogen and oxygen atoms in total. The SMILES string of the molecule is N#Cc1ccc(-c2cc(NC[C@H]3CCCNCC3)nn2-c2ccc(N3CCS(=O)(=O)CC3)cc2)cc1F. The van der Waals surface area contributed by atoms with Crippen molar-refractivity contribution >= 4 is 21.3 Å². The van der Waals surface area contributed by atoms with Crippen LogP contribution in [0.2, 0.25) is 0 Å². The van der Waals surface area contributed by atoms with E-state index in [1.807, 2.05) is 36.4 Å². The summed E-state index contributed by atoms with van der Waals surface area (Å²) in [6.07, 6.45) is 3.43. The van der Waals surface area contributed by atoms with Gasteiger partial charge in [0, 0.05) is 37.0 Å². The Bertz CT molecular complexity index is 1380. The number of aromatic nitrogens is 2. The minimum atomic E-state index is -2.95. The van der Waals surface area contributed by atoms with Crippen molar-refractivity contribution in [3.05, 3.63) is 59.9 Å². The van der Waals surface area contributed by atoms with Crippen LogP contribution < -0.4 is 15.5 Å². The second kappa shape index (κ2) is 10.9. The lowest BCUT2D eigenvalue weighted by atomic mass is 10.0. The lowest BCUT2D eigenvalue weighted by Gasteiger charge is -2.28. The van der Waals surface area contributed by atoms with Gasteiger partial charge in [0.15, 0.2) is 9.84 Å². The summed E-state index contributed by atoms with van der Waals surface area (Å²) in [5.41, 5.74) is 3.10. The van der Waals surface area contributed by atoms with Crippen LogP contribution in [0.4, 0.5) is 15.9 Å². The smallest absolute Gasteiger partial charge is 0.153 e. The summed E-state index contributed by atoms with van der Waals surface area (Å²) < 4.78 is 39.8. The zero-order valence-corrected chi connectivity index (χ0v) is 21.5. The Hall–Kier alpha value is -3.42. The van der Waals surface area contributed by atoms with E-state index in [0.29, 0.717) is 36.1 Å². The molecule has 2 fully saturated rings. The minimum absolute atomic E-state index is 0.00281. The molecule has 2 aromatic carbocycles. The third-order valence-electron chi connectivity index (χ3n) is 7.17. The third kappa shape index (κ3) is 5.95. The minimum Gasteiger partial charge on any atom is -0.369 e. The molecule has 2 saturated heterocycles. The van der Waals surface area contributed by atoms with Crippen molar-refractivity contribution in [1.82, 2.24) is 15.1 Å². The number of hydrogen-bond acceptors (Lipinski definition) is 7.